The van der Waals surface area contributed by atoms with Crippen LogP contribution in [-0.2, 0) is 19.5 Å². The lowest BCUT2D eigenvalue weighted by molar-refractivity contribution is 0.0924. The largest absolute Gasteiger partial charge is 0.472 e. The van der Waals surface area contributed by atoms with Crippen molar-refractivity contribution in [1.82, 2.24) is 25.0 Å². The molecule has 2 aliphatic heterocycles. The van der Waals surface area contributed by atoms with E-state index < -0.39 is 0 Å². The van der Waals surface area contributed by atoms with Crippen LogP contribution in [0.15, 0.2) is 23.0 Å². The maximum atomic E-state index is 12.3. The van der Waals surface area contributed by atoms with Crippen LogP contribution in [0, 0.1) is 11.8 Å². The number of hydrogen-bond donors (Lipinski definition) is 1. The zero-order chi connectivity index (χ0) is 16.7. The number of nitrogens with zero attached hydrogens (tertiary/aromatic N) is 4. The summed E-state index contributed by atoms with van der Waals surface area (Å²) in [6, 6.07) is 2.12. The topological polar surface area (TPSA) is 76.2 Å². The highest BCUT2D eigenvalue weighted by Crippen LogP contribution is 2.33. The van der Waals surface area contributed by atoms with Gasteiger partial charge in [-0.15, -0.1) is 10.2 Å². The molecule has 0 unspecified atom stereocenters. The van der Waals surface area contributed by atoms with Gasteiger partial charge in [0.1, 0.15) is 5.82 Å². The van der Waals surface area contributed by atoms with E-state index >= 15 is 0 Å². The molecule has 2 atom stereocenters. The van der Waals surface area contributed by atoms with Crippen LogP contribution in [0.25, 0.3) is 0 Å². The van der Waals surface area contributed by atoms with Gasteiger partial charge in [-0.2, -0.15) is 0 Å². The molecule has 1 amide bonds. The number of likely N-dealkylation sites (tertiary alicyclic amines) is 1. The molecule has 0 radical (unpaired) electrons. The molecule has 1 fully saturated rings. The molecule has 128 valence electrons. The second-order valence-corrected chi connectivity index (χ2v) is 7.23. The molecule has 2 aliphatic rings. The van der Waals surface area contributed by atoms with Crippen molar-refractivity contribution in [3.63, 3.8) is 0 Å². The Balaban J connectivity index is 1.46. The minimum Gasteiger partial charge on any atom is -0.472 e. The first-order chi connectivity index (χ1) is 11.6. The average Bonchev–Trinajstić information content (AvgIpc) is 3.22. The Kier molecular flexibility index (Phi) is 3.88. The van der Waals surface area contributed by atoms with Crippen LogP contribution in [0.2, 0.25) is 0 Å². The first-order valence-electron chi connectivity index (χ1n) is 8.56. The van der Waals surface area contributed by atoms with Crippen molar-refractivity contribution >= 4 is 5.91 Å². The molecule has 2 aromatic rings. The second kappa shape index (κ2) is 6.05. The molecule has 4 rings (SSSR count). The Labute approximate surface area is 141 Å². The third kappa shape index (κ3) is 2.84. The van der Waals surface area contributed by atoms with E-state index in [1.807, 2.05) is 30.7 Å². The van der Waals surface area contributed by atoms with E-state index in [4.69, 9.17) is 4.42 Å². The SMILES string of the molecule is CC(C)NC(=O)c1nnc2n1C[C@H]1CN(Cc3ccoc3)C[C@@H]1C2. The summed E-state index contributed by atoms with van der Waals surface area (Å²) in [6.45, 7) is 7.76. The highest BCUT2D eigenvalue weighted by atomic mass is 16.3. The van der Waals surface area contributed by atoms with Gasteiger partial charge in [-0.25, -0.2) is 0 Å². The van der Waals surface area contributed by atoms with Gasteiger partial charge in [0, 0.05) is 44.2 Å². The predicted octanol–water partition coefficient (Wildman–Crippen LogP) is 1.31. The van der Waals surface area contributed by atoms with Crippen molar-refractivity contribution in [2.75, 3.05) is 13.1 Å². The Morgan fingerprint density at radius 3 is 2.92 bits per heavy atom. The lowest BCUT2D eigenvalue weighted by Gasteiger charge is -2.25. The number of amides is 1. The molecule has 0 aromatic carbocycles. The predicted molar refractivity (Wildman–Crippen MR) is 87.3 cm³/mol. The molecule has 0 saturated carbocycles. The second-order valence-electron chi connectivity index (χ2n) is 7.23. The summed E-state index contributed by atoms with van der Waals surface area (Å²) in [5.74, 6) is 2.40. The normalized spacial score (nSPS) is 23.3. The summed E-state index contributed by atoms with van der Waals surface area (Å²) in [5.41, 5.74) is 1.21. The fourth-order valence-corrected chi connectivity index (χ4v) is 3.89. The third-order valence-corrected chi connectivity index (χ3v) is 4.95. The van der Waals surface area contributed by atoms with Crippen molar-refractivity contribution in [2.45, 2.75) is 39.4 Å². The van der Waals surface area contributed by atoms with Gasteiger partial charge in [0.25, 0.3) is 5.91 Å². The quantitative estimate of drug-likeness (QED) is 0.915. The smallest absolute Gasteiger partial charge is 0.289 e. The van der Waals surface area contributed by atoms with Crippen LogP contribution >= 0.6 is 0 Å². The zero-order valence-electron chi connectivity index (χ0n) is 14.1. The number of hydrogen-bond acceptors (Lipinski definition) is 5. The number of furan rings is 1. The van der Waals surface area contributed by atoms with Crippen molar-refractivity contribution < 1.29 is 9.21 Å². The van der Waals surface area contributed by atoms with Crippen LogP contribution < -0.4 is 5.32 Å². The first-order valence-corrected chi connectivity index (χ1v) is 8.56. The molecule has 1 N–H and O–H groups in total. The average molecular weight is 329 g/mol. The van der Waals surface area contributed by atoms with Gasteiger partial charge in [-0.3, -0.25) is 9.69 Å². The van der Waals surface area contributed by atoms with Gasteiger partial charge in [0.15, 0.2) is 0 Å². The zero-order valence-corrected chi connectivity index (χ0v) is 14.1. The van der Waals surface area contributed by atoms with E-state index in [0.717, 1.165) is 38.4 Å². The van der Waals surface area contributed by atoms with Crippen molar-refractivity contribution in [3.05, 3.63) is 35.8 Å². The van der Waals surface area contributed by atoms with Gasteiger partial charge < -0.3 is 14.3 Å². The van der Waals surface area contributed by atoms with Crippen molar-refractivity contribution in [1.29, 1.82) is 0 Å². The Morgan fingerprint density at radius 2 is 2.17 bits per heavy atom. The Morgan fingerprint density at radius 1 is 1.33 bits per heavy atom. The summed E-state index contributed by atoms with van der Waals surface area (Å²) in [6.07, 6.45) is 4.43. The van der Waals surface area contributed by atoms with E-state index in [2.05, 4.69) is 20.4 Å². The van der Waals surface area contributed by atoms with Crippen LogP contribution in [-0.4, -0.2) is 44.7 Å². The van der Waals surface area contributed by atoms with Crippen molar-refractivity contribution in [3.8, 4) is 0 Å². The van der Waals surface area contributed by atoms with Crippen LogP contribution in [0.5, 0.6) is 0 Å². The third-order valence-electron chi connectivity index (χ3n) is 4.95. The van der Waals surface area contributed by atoms with Crippen LogP contribution in [0.3, 0.4) is 0 Å². The number of fused-ring (bicyclic) bond motifs is 2. The number of nitrogens with one attached hydrogen (secondary N) is 1. The molecule has 7 heteroatoms. The standard InChI is InChI=1S/C17H23N5O2/c1-11(2)18-17(23)16-20-19-15-5-13-7-21(6-12-3-4-24-10-12)8-14(13)9-22(15)16/h3-4,10-11,13-14H,5-9H2,1-2H3,(H,18,23)/t13-,14+/m0/s1. The van der Waals surface area contributed by atoms with Gasteiger partial charge in [-0.1, -0.05) is 0 Å². The number of aromatic nitrogens is 3. The highest BCUT2D eigenvalue weighted by molar-refractivity contribution is 5.90. The van der Waals surface area contributed by atoms with E-state index in [1.165, 1.54) is 5.56 Å². The van der Waals surface area contributed by atoms with Crippen molar-refractivity contribution in [2.24, 2.45) is 11.8 Å². The molecule has 0 bridgehead atoms. The van der Waals surface area contributed by atoms with E-state index in [1.54, 1.807) is 6.26 Å². The molecular formula is C17H23N5O2. The van der Waals surface area contributed by atoms with Gasteiger partial charge in [0.2, 0.25) is 5.82 Å². The van der Waals surface area contributed by atoms with Gasteiger partial charge >= 0.3 is 0 Å². The van der Waals surface area contributed by atoms with Crippen LogP contribution in [0.1, 0.15) is 35.9 Å². The minimum atomic E-state index is -0.129. The van der Waals surface area contributed by atoms with Gasteiger partial charge in [-0.05, 0) is 31.7 Å². The maximum Gasteiger partial charge on any atom is 0.289 e. The van der Waals surface area contributed by atoms with E-state index in [-0.39, 0.29) is 11.9 Å². The summed E-state index contributed by atoms with van der Waals surface area (Å²) < 4.78 is 7.18. The summed E-state index contributed by atoms with van der Waals surface area (Å²) in [7, 11) is 0. The molecule has 1 saturated heterocycles. The number of rotatable bonds is 4. The maximum absolute atomic E-state index is 12.3. The molecule has 24 heavy (non-hydrogen) atoms. The summed E-state index contributed by atoms with van der Waals surface area (Å²) in [5, 5.41) is 11.3. The molecule has 2 aromatic heterocycles. The fourth-order valence-electron chi connectivity index (χ4n) is 3.89. The molecule has 0 aliphatic carbocycles. The fraction of sp³-hybridized carbons (Fsp3) is 0.588. The number of carbonyl (C=O) groups is 1. The van der Waals surface area contributed by atoms with Gasteiger partial charge in [0.05, 0.1) is 12.5 Å². The van der Waals surface area contributed by atoms with E-state index in [9.17, 15) is 4.79 Å². The lowest BCUT2D eigenvalue weighted by Crippen LogP contribution is -2.35. The summed E-state index contributed by atoms with van der Waals surface area (Å²) >= 11 is 0. The van der Waals surface area contributed by atoms with E-state index in [0.29, 0.717) is 17.7 Å². The molecule has 4 heterocycles. The molecule has 0 spiro atoms. The molecular weight excluding hydrogens is 306 g/mol. The Bertz CT molecular complexity index is 721. The highest BCUT2D eigenvalue weighted by Gasteiger charge is 2.39. The molecule has 7 nitrogen and oxygen atoms in total. The minimum absolute atomic E-state index is 0.0960. The Hall–Kier alpha value is -2.15. The first kappa shape index (κ1) is 15.4. The monoisotopic (exact) mass is 329 g/mol. The van der Waals surface area contributed by atoms with Crippen LogP contribution in [0.4, 0.5) is 0 Å². The number of carbonyl (C=O) groups excluding carboxylic acids is 1. The summed E-state index contributed by atoms with van der Waals surface area (Å²) in [4.78, 5) is 14.8. The lowest BCUT2D eigenvalue weighted by atomic mass is 9.89.